The second kappa shape index (κ2) is 10.1. The van der Waals surface area contributed by atoms with Gasteiger partial charge in [0.25, 0.3) is 5.91 Å². The number of carbonyl (C=O) groups is 4. The number of nitrogens with two attached hydrogens (primary N) is 1. The van der Waals surface area contributed by atoms with Crippen molar-refractivity contribution in [3.8, 4) is 0 Å². The number of thiophene rings is 2. The second-order valence-electron chi connectivity index (χ2n) is 6.22. The smallest absolute Gasteiger partial charge is 0.348 e. The zero-order valence-corrected chi connectivity index (χ0v) is 18.6. The third kappa shape index (κ3) is 4.95. The van der Waals surface area contributed by atoms with Crippen molar-refractivity contribution in [2.45, 2.75) is 6.61 Å². The highest BCUT2D eigenvalue weighted by Crippen LogP contribution is 2.33. The van der Waals surface area contributed by atoms with Crippen molar-refractivity contribution in [1.82, 2.24) is 0 Å². The number of methoxy groups -OCH3 is 2. The Kier molecular flexibility index (Phi) is 7.23. The maximum absolute atomic E-state index is 12.6. The summed E-state index contributed by atoms with van der Waals surface area (Å²) in [5.41, 5.74) is 6.48. The minimum atomic E-state index is -0.766. The number of benzene rings is 1. The fraction of sp³-hybridized carbons (Fsp3) is 0.143. The Labute approximate surface area is 190 Å². The average molecular weight is 475 g/mol. The first kappa shape index (κ1) is 23.0. The maximum atomic E-state index is 12.6. The van der Waals surface area contributed by atoms with E-state index in [0.29, 0.717) is 10.6 Å². The molecule has 3 aromatic rings. The lowest BCUT2D eigenvalue weighted by molar-refractivity contribution is 0.0452. The Balaban J connectivity index is 1.78. The number of nitrogen functional groups attached to an aromatic ring is 1. The molecule has 11 heteroatoms. The van der Waals surface area contributed by atoms with E-state index < -0.39 is 24.5 Å². The van der Waals surface area contributed by atoms with Crippen molar-refractivity contribution < 1.29 is 33.4 Å². The van der Waals surface area contributed by atoms with Crippen LogP contribution in [0.1, 0.15) is 45.6 Å². The lowest BCUT2D eigenvalue weighted by Crippen LogP contribution is -2.13. The molecule has 0 aliphatic carbocycles. The average Bonchev–Trinajstić information content (AvgIpc) is 3.45. The first-order valence-corrected chi connectivity index (χ1v) is 10.7. The number of esters is 3. The Hall–Kier alpha value is -3.70. The topological polar surface area (TPSA) is 134 Å². The van der Waals surface area contributed by atoms with Gasteiger partial charge in [-0.1, -0.05) is 12.1 Å². The number of hydrogen-bond acceptors (Lipinski definition) is 10. The van der Waals surface area contributed by atoms with E-state index in [2.05, 4.69) is 5.32 Å². The number of ether oxygens (including phenoxy) is 3. The van der Waals surface area contributed by atoms with Crippen LogP contribution in [-0.2, 0) is 20.8 Å². The van der Waals surface area contributed by atoms with Crippen molar-refractivity contribution in [2.24, 2.45) is 0 Å². The quantitative estimate of drug-likeness (QED) is 0.392. The van der Waals surface area contributed by atoms with Gasteiger partial charge in [0.05, 0.1) is 24.7 Å². The molecule has 1 aromatic carbocycles. The molecular formula is C21H18N2O7S2. The molecule has 166 valence electrons. The van der Waals surface area contributed by atoms with Crippen LogP contribution in [0.5, 0.6) is 0 Å². The number of rotatable bonds is 7. The SMILES string of the molecule is COC(=O)c1sc(N)c(C(=O)OC)c1COC(=O)c1cccc(NC(=O)c2cccs2)c1. The van der Waals surface area contributed by atoms with Gasteiger partial charge in [0.2, 0.25) is 0 Å². The molecule has 0 saturated heterocycles. The van der Waals surface area contributed by atoms with Crippen LogP contribution in [0, 0.1) is 0 Å². The molecule has 3 rings (SSSR count). The van der Waals surface area contributed by atoms with Crippen molar-refractivity contribution in [3.63, 3.8) is 0 Å². The molecule has 0 atom stereocenters. The summed E-state index contributed by atoms with van der Waals surface area (Å²) in [5.74, 6) is -2.52. The summed E-state index contributed by atoms with van der Waals surface area (Å²) in [6, 6.07) is 9.62. The molecule has 0 aliphatic heterocycles. The predicted molar refractivity (Wildman–Crippen MR) is 119 cm³/mol. The number of nitrogens with one attached hydrogen (secondary N) is 1. The van der Waals surface area contributed by atoms with Crippen molar-refractivity contribution in [3.05, 3.63) is 68.2 Å². The normalized spacial score (nSPS) is 10.3. The molecule has 0 radical (unpaired) electrons. The largest absolute Gasteiger partial charge is 0.465 e. The second-order valence-corrected chi connectivity index (χ2v) is 8.22. The van der Waals surface area contributed by atoms with Gasteiger partial charge in [0, 0.05) is 11.3 Å². The predicted octanol–water partition coefficient (Wildman–Crippen LogP) is 3.57. The third-order valence-corrected chi connectivity index (χ3v) is 6.15. The highest BCUT2D eigenvalue weighted by molar-refractivity contribution is 7.18. The molecule has 0 saturated carbocycles. The van der Waals surface area contributed by atoms with Crippen molar-refractivity contribution in [1.29, 1.82) is 0 Å². The number of carbonyl (C=O) groups excluding carboxylic acids is 4. The summed E-state index contributed by atoms with van der Waals surface area (Å²) in [5, 5.41) is 4.53. The van der Waals surface area contributed by atoms with Gasteiger partial charge < -0.3 is 25.3 Å². The fourth-order valence-corrected chi connectivity index (χ4v) is 4.35. The number of anilines is 2. The van der Waals surface area contributed by atoms with Crippen LogP contribution in [-0.4, -0.2) is 38.0 Å². The molecule has 0 fully saturated rings. The van der Waals surface area contributed by atoms with Gasteiger partial charge in [-0.15, -0.1) is 22.7 Å². The summed E-state index contributed by atoms with van der Waals surface area (Å²) in [6.45, 7) is -0.410. The van der Waals surface area contributed by atoms with E-state index in [9.17, 15) is 19.2 Å². The highest BCUT2D eigenvalue weighted by Gasteiger charge is 2.28. The summed E-state index contributed by atoms with van der Waals surface area (Å²) in [4.78, 5) is 49.6. The highest BCUT2D eigenvalue weighted by atomic mass is 32.1. The van der Waals surface area contributed by atoms with Gasteiger partial charge in [-0.05, 0) is 29.6 Å². The van der Waals surface area contributed by atoms with E-state index in [4.69, 9.17) is 19.9 Å². The van der Waals surface area contributed by atoms with Gasteiger partial charge in [0.1, 0.15) is 22.0 Å². The molecule has 3 N–H and O–H groups in total. The molecule has 2 heterocycles. The van der Waals surface area contributed by atoms with Crippen LogP contribution in [0.4, 0.5) is 10.7 Å². The van der Waals surface area contributed by atoms with Gasteiger partial charge >= 0.3 is 17.9 Å². The van der Waals surface area contributed by atoms with E-state index in [1.165, 1.54) is 37.7 Å². The summed E-state index contributed by atoms with van der Waals surface area (Å²) < 4.78 is 14.7. The molecule has 0 unspecified atom stereocenters. The first-order chi connectivity index (χ1) is 15.3. The minimum absolute atomic E-state index is 0.0372. The zero-order chi connectivity index (χ0) is 23.3. The molecule has 32 heavy (non-hydrogen) atoms. The monoisotopic (exact) mass is 474 g/mol. The van der Waals surface area contributed by atoms with Gasteiger partial charge in [-0.3, -0.25) is 4.79 Å². The van der Waals surface area contributed by atoms with Gasteiger partial charge in [-0.2, -0.15) is 0 Å². The summed E-state index contributed by atoms with van der Waals surface area (Å²) >= 11 is 2.13. The zero-order valence-electron chi connectivity index (χ0n) is 17.0. The fourth-order valence-electron chi connectivity index (χ4n) is 2.75. The molecule has 0 aliphatic rings. The van der Waals surface area contributed by atoms with Crippen LogP contribution >= 0.6 is 22.7 Å². The van der Waals surface area contributed by atoms with Gasteiger partial charge in [-0.25, -0.2) is 14.4 Å². The summed E-state index contributed by atoms with van der Waals surface area (Å²) in [6.07, 6.45) is 0. The molecular weight excluding hydrogens is 456 g/mol. The standard InChI is InChI=1S/C21H18N2O7S2/c1-28-20(26)15-13(16(21(27)29-2)32-17(15)22)10-30-19(25)11-5-3-6-12(9-11)23-18(24)14-7-4-8-31-14/h3-9H,10,22H2,1-2H3,(H,23,24). The molecule has 0 bridgehead atoms. The Morgan fingerprint density at radius 3 is 2.41 bits per heavy atom. The number of hydrogen-bond donors (Lipinski definition) is 2. The lowest BCUT2D eigenvalue weighted by Gasteiger charge is -2.09. The van der Waals surface area contributed by atoms with Crippen LogP contribution in [0.25, 0.3) is 0 Å². The van der Waals surface area contributed by atoms with Gasteiger partial charge in [0.15, 0.2) is 0 Å². The van der Waals surface area contributed by atoms with Crippen LogP contribution in [0.3, 0.4) is 0 Å². The Morgan fingerprint density at radius 1 is 1.00 bits per heavy atom. The van der Waals surface area contributed by atoms with E-state index in [1.807, 2.05) is 0 Å². The molecule has 2 aromatic heterocycles. The van der Waals surface area contributed by atoms with E-state index in [0.717, 1.165) is 11.3 Å². The van der Waals surface area contributed by atoms with Crippen LogP contribution < -0.4 is 11.1 Å². The molecule has 0 spiro atoms. The van der Waals surface area contributed by atoms with Crippen LogP contribution in [0.15, 0.2) is 41.8 Å². The van der Waals surface area contributed by atoms with Crippen LogP contribution in [0.2, 0.25) is 0 Å². The van der Waals surface area contributed by atoms with Crippen molar-refractivity contribution in [2.75, 3.05) is 25.3 Å². The molecule has 1 amide bonds. The lowest BCUT2D eigenvalue weighted by atomic mass is 10.1. The minimum Gasteiger partial charge on any atom is -0.465 e. The summed E-state index contributed by atoms with van der Waals surface area (Å²) in [7, 11) is 2.35. The Morgan fingerprint density at radius 2 is 1.75 bits per heavy atom. The molecule has 9 nitrogen and oxygen atoms in total. The van der Waals surface area contributed by atoms with E-state index >= 15 is 0 Å². The Bertz CT molecular complexity index is 1170. The first-order valence-electron chi connectivity index (χ1n) is 9.05. The third-order valence-electron chi connectivity index (χ3n) is 4.24. The van der Waals surface area contributed by atoms with Crippen molar-refractivity contribution >= 4 is 57.2 Å². The van der Waals surface area contributed by atoms with E-state index in [-0.39, 0.29) is 32.5 Å². The van der Waals surface area contributed by atoms with E-state index in [1.54, 1.807) is 29.6 Å². The maximum Gasteiger partial charge on any atom is 0.348 e. The number of amides is 1.